The third-order valence-electron chi connectivity index (χ3n) is 3.14. The maximum atomic E-state index is 3.56. The van der Waals surface area contributed by atoms with Crippen LogP contribution >= 0.6 is 0 Å². The van der Waals surface area contributed by atoms with Gasteiger partial charge in [-0.15, -0.1) is 0 Å². The van der Waals surface area contributed by atoms with E-state index in [-0.39, 0.29) is 1.43 Å². The van der Waals surface area contributed by atoms with Crippen LogP contribution < -0.4 is 5.32 Å². The summed E-state index contributed by atoms with van der Waals surface area (Å²) in [5, 5.41) is 3.56. The first-order chi connectivity index (χ1) is 6.22. The van der Waals surface area contributed by atoms with Gasteiger partial charge in [0.15, 0.2) is 0 Å². The summed E-state index contributed by atoms with van der Waals surface area (Å²) in [6.45, 7) is 8.03. The predicted molar refractivity (Wildman–Crippen MR) is 61.0 cm³/mol. The Morgan fingerprint density at radius 1 is 1.23 bits per heavy atom. The largest absolute Gasteiger partial charge is 0.314 e. The molecule has 1 saturated carbocycles. The van der Waals surface area contributed by atoms with Gasteiger partial charge in [-0.3, -0.25) is 0 Å². The predicted octanol–water partition coefficient (Wildman–Crippen LogP) is 3.45. The molecule has 0 spiro atoms. The Hall–Kier alpha value is -0.0400. The van der Waals surface area contributed by atoms with Crippen LogP contribution in [0.25, 0.3) is 0 Å². The maximum Gasteiger partial charge on any atom is 0.00671 e. The summed E-state index contributed by atoms with van der Waals surface area (Å²) < 4.78 is 0. The third kappa shape index (κ3) is 4.12. The fraction of sp³-hybridized carbons (Fsp3) is 1.00. The highest BCUT2D eigenvalue weighted by Crippen LogP contribution is 2.29. The van der Waals surface area contributed by atoms with Crippen LogP contribution in [0.15, 0.2) is 0 Å². The van der Waals surface area contributed by atoms with E-state index in [1.807, 2.05) is 0 Å². The summed E-state index contributed by atoms with van der Waals surface area (Å²) in [6, 6.07) is 0.827. The third-order valence-corrected chi connectivity index (χ3v) is 3.14. The van der Waals surface area contributed by atoms with E-state index in [1.54, 1.807) is 0 Å². The van der Waals surface area contributed by atoms with Crippen molar-refractivity contribution in [3.63, 3.8) is 0 Å². The Labute approximate surface area is 84.8 Å². The van der Waals surface area contributed by atoms with E-state index in [9.17, 15) is 0 Å². The van der Waals surface area contributed by atoms with Gasteiger partial charge in [-0.05, 0) is 50.5 Å². The minimum Gasteiger partial charge on any atom is -0.314 e. The standard InChI is InChI=1S/C12H25N.H2/c1-4-13-12-7-5-11(6-8-12)9-10(2)3;/h10-13H,4-9H2,1-3H3;1H. The van der Waals surface area contributed by atoms with Crippen LogP contribution in [0.5, 0.6) is 0 Å². The van der Waals surface area contributed by atoms with Crippen molar-refractivity contribution in [2.75, 3.05) is 6.54 Å². The van der Waals surface area contributed by atoms with Crippen LogP contribution in [-0.4, -0.2) is 12.6 Å². The van der Waals surface area contributed by atoms with Gasteiger partial charge < -0.3 is 5.32 Å². The first-order valence-electron chi connectivity index (χ1n) is 5.95. The van der Waals surface area contributed by atoms with Gasteiger partial charge >= 0.3 is 0 Å². The second-order valence-electron chi connectivity index (χ2n) is 4.90. The molecule has 0 aromatic heterocycles. The van der Waals surface area contributed by atoms with E-state index >= 15 is 0 Å². The lowest BCUT2D eigenvalue weighted by atomic mass is 9.81. The van der Waals surface area contributed by atoms with Gasteiger partial charge in [-0.25, -0.2) is 0 Å². The highest BCUT2D eigenvalue weighted by molar-refractivity contribution is 4.77. The van der Waals surface area contributed by atoms with Gasteiger partial charge in [0.05, 0.1) is 0 Å². The van der Waals surface area contributed by atoms with E-state index in [4.69, 9.17) is 0 Å². The van der Waals surface area contributed by atoms with Crippen LogP contribution in [0.3, 0.4) is 0 Å². The molecule has 1 heteroatoms. The lowest BCUT2D eigenvalue weighted by Crippen LogP contribution is -2.33. The van der Waals surface area contributed by atoms with E-state index in [0.717, 1.165) is 24.4 Å². The molecule has 1 aliphatic rings. The number of hydrogen-bond acceptors (Lipinski definition) is 1. The summed E-state index contributed by atoms with van der Waals surface area (Å²) in [4.78, 5) is 0. The summed E-state index contributed by atoms with van der Waals surface area (Å²) in [5.41, 5.74) is 0. The molecular weight excluding hydrogens is 158 g/mol. The second-order valence-corrected chi connectivity index (χ2v) is 4.90. The maximum absolute atomic E-state index is 3.56. The molecule has 1 fully saturated rings. The molecule has 0 bridgehead atoms. The minimum atomic E-state index is 0. The van der Waals surface area contributed by atoms with Gasteiger partial charge in [0, 0.05) is 7.47 Å². The highest BCUT2D eigenvalue weighted by atomic mass is 14.9. The molecule has 0 aliphatic heterocycles. The van der Waals surface area contributed by atoms with Crippen molar-refractivity contribution < 1.29 is 1.43 Å². The average molecular weight is 185 g/mol. The summed E-state index contributed by atoms with van der Waals surface area (Å²) in [7, 11) is 0. The molecule has 80 valence electrons. The van der Waals surface area contributed by atoms with E-state index < -0.39 is 0 Å². The monoisotopic (exact) mass is 185 g/mol. The van der Waals surface area contributed by atoms with Crippen molar-refractivity contribution in [3.05, 3.63) is 0 Å². The number of hydrogen-bond donors (Lipinski definition) is 1. The van der Waals surface area contributed by atoms with Gasteiger partial charge in [-0.2, -0.15) is 0 Å². The van der Waals surface area contributed by atoms with Crippen molar-refractivity contribution in [3.8, 4) is 0 Å². The van der Waals surface area contributed by atoms with Gasteiger partial charge in [0.2, 0.25) is 0 Å². The lowest BCUT2D eigenvalue weighted by molar-refractivity contribution is 0.261. The molecule has 0 unspecified atom stereocenters. The van der Waals surface area contributed by atoms with E-state index in [2.05, 4.69) is 26.1 Å². The minimum absolute atomic E-state index is 0. The molecule has 13 heavy (non-hydrogen) atoms. The molecule has 0 aromatic carbocycles. The van der Waals surface area contributed by atoms with Crippen molar-refractivity contribution >= 4 is 0 Å². The molecule has 0 amide bonds. The van der Waals surface area contributed by atoms with Crippen LogP contribution in [0.2, 0.25) is 0 Å². The zero-order valence-corrected chi connectivity index (χ0v) is 9.47. The Kier molecular flexibility index (Phi) is 4.79. The van der Waals surface area contributed by atoms with Crippen LogP contribution in [-0.2, 0) is 0 Å². The fourth-order valence-electron chi connectivity index (χ4n) is 2.56. The average Bonchev–Trinajstić information content (AvgIpc) is 2.08. The molecule has 0 aromatic rings. The second kappa shape index (κ2) is 5.64. The molecule has 0 radical (unpaired) electrons. The van der Waals surface area contributed by atoms with Gasteiger partial charge in [0.1, 0.15) is 0 Å². The molecule has 0 atom stereocenters. The molecule has 1 N–H and O–H groups in total. The molecule has 1 aliphatic carbocycles. The Balaban J connectivity index is 0.00000169. The highest BCUT2D eigenvalue weighted by Gasteiger charge is 2.20. The number of rotatable bonds is 4. The van der Waals surface area contributed by atoms with Crippen LogP contribution in [0, 0.1) is 11.8 Å². The summed E-state index contributed by atoms with van der Waals surface area (Å²) >= 11 is 0. The molecule has 1 nitrogen and oxygen atoms in total. The van der Waals surface area contributed by atoms with Crippen LogP contribution in [0.1, 0.15) is 54.3 Å². The van der Waals surface area contributed by atoms with Crippen molar-refractivity contribution in [1.29, 1.82) is 0 Å². The normalized spacial score (nSPS) is 29.5. The Morgan fingerprint density at radius 3 is 2.31 bits per heavy atom. The Bertz CT molecular complexity index is 128. The molecule has 0 saturated heterocycles. The van der Waals surface area contributed by atoms with Gasteiger partial charge in [-0.1, -0.05) is 20.8 Å². The quantitative estimate of drug-likeness (QED) is 0.707. The van der Waals surface area contributed by atoms with E-state index in [0.29, 0.717) is 0 Å². The molecular formula is C12H27N. The van der Waals surface area contributed by atoms with E-state index in [1.165, 1.54) is 32.1 Å². The molecule has 0 heterocycles. The summed E-state index contributed by atoms with van der Waals surface area (Å²) in [6.07, 6.45) is 7.17. The lowest BCUT2D eigenvalue weighted by Gasteiger charge is -2.29. The summed E-state index contributed by atoms with van der Waals surface area (Å²) in [5.74, 6) is 1.91. The Morgan fingerprint density at radius 2 is 1.85 bits per heavy atom. The molecule has 1 rings (SSSR count). The van der Waals surface area contributed by atoms with Gasteiger partial charge in [0.25, 0.3) is 0 Å². The SMILES string of the molecule is CCNC1CCC(CC(C)C)CC1.[HH]. The zero-order chi connectivity index (χ0) is 9.68. The van der Waals surface area contributed by atoms with Crippen molar-refractivity contribution in [1.82, 2.24) is 5.32 Å². The number of nitrogens with one attached hydrogen (secondary N) is 1. The topological polar surface area (TPSA) is 12.0 Å². The first kappa shape index (κ1) is 11.0. The first-order valence-corrected chi connectivity index (χ1v) is 5.95. The van der Waals surface area contributed by atoms with Crippen molar-refractivity contribution in [2.45, 2.75) is 58.9 Å². The zero-order valence-electron chi connectivity index (χ0n) is 9.47. The van der Waals surface area contributed by atoms with Crippen molar-refractivity contribution in [2.24, 2.45) is 11.8 Å². The fourth-order valence-corrected chi connectivity index (χ4v) is 2.56. The van der Waals surface area contributed by atoms with Crippen LogP contribution in [0.4, 0.5) is 0 Å². The smallest absolute Gasteiger partial charge is 0.00671 e.